The minimum atomic E-state index is -5.38. The van der Waals surface area contributed by atoms with Crippen LogP contribution >= 0.6 is 0 Å². The van der Waals surface area contributed by atoms with Crippen LogP contribution < -0.4 is 24.0 Å². The maximum Gasteiger partial charge on any atom is 1.00 e. The summed E-state index contributed by atoms with van der Waals surface area (Å²) >= 11 is 0. The van der Waals surface area contributed by atoms with Gasteiger partial charge in [0.25, 0.3) is 9.84 Å². The van der Waals surface area contributed by atoms with E-state index in [-0.39, 0.29) is 30.0 Å². The second-order valence-electron chi connectivity index (χ2n) is 3.34. The summed E-state index contributed by atoms with van der Waals surface area (Å²) in [7, 11) is -5.38. The maximum absolute atomic E-state index is 12.2. The standard InChI is InChI=1S/C9H9F3O3S.Li/c1-5-3-7(4-6(2)8(5)13)16(14,15)9(10,11)12;/h3-4,13H,1-2H3;/q;+1/p-1. The molecule has 0 N–H and O–H groups in total. The first-order chi connectivity index (χ1) is 7.07. The topological polar surface area (TPSA) is 57.2 Å². The Morgan fingerprint density at radius 2 is 1.47 bits per heavy atom. The molecule has 90 valence electrons. The smallest absolute Gasteiger partial charge is 0.872 e. The van der Waals surface area contributed by atoms with Crippen molar-refractivity contribution in [1.82, 2.24) is 0 Å². The minimum Gasteiger partial charge on any atom is -0.872 e. The fourth-order valence-corrected chi connectivity index (χ4v) is 2.13. The van der Waals surface area contributed by atoms with E-state index in [0.717, 1.165) is 12.1 Å². The Morgan fingerprint density at radius 3 is 1.76 bits per heavy atom. The molecular formula is C9H8F3LiO3S. The summed E-state index contributed by atoms with van der Waals surface area (Å²) in [6.45, 7) is 2.54. The molecule has 0 heterocycles. The molecule has 0 aliphatic carbocycles. The molecule has 0 aliphatic heterocycles. The van der Waals surface area contributed by atoms with Gasteiger partial charge in [0, 0.05) is 0 Å². The number of hydrogen-bond donors (Lipinski definition) is 0. The van der Waals surface area contributed by atoms with E-state index < -0.39 is 26.0 Å². The number of benzene rings is 1. The molecule has 0 amide bonds. The zero-order valence-electron chi connectivity index (χ0n) is 9.42. The molecule has 0 radical (unpaired) electrons. The van der Waals surface area contributed by atoms with Gasteiger partial charge in [-0.25, -0.2) is 8.42 Å². The number of rotatable bonds is 1. The van der Waals surface area contributed by atoms with Gasteiger partial charge in [0.05, 0.1) is 4.90 Å². The average molecular weight is 260 g/mol. The van der Waals surface area contributed by atoms with Crippen molar-refractivity contribution in [2.75, 3.05) is 0 Å². The van der Waals surface area contributed by atoms with E-state index >= 15 is 0 Å². The Labute approximate surface area is 109 Å². The van der Waals surface area contributed by atoms with Crippen LogP contribution in [0.5, 0.6) is 5.75 Å². The Balaban J connectivity index is 0.00000256. The van der Waals surface area contributed by atoms with Gasteiger partial charge < -0.3 is 5.11 Å². The summed E-state index contributed by atoms with van der Waals surface area (Å²) in [6.07, 6.45) is 0. The average Bonchev–Trinajstić information content (AvgIpc) is 2.11. The Bertz CT molecular complexity index is 500. The van der Waals surface area contributed by atoms with Crippen molar-refractivity contribution in [3.63, 3.8) is 0 Å². The van der Waals surface area contributed by atoms with Crippen LogP contribution in [-0.4, -0.2) is 13.9 Å². The number of halogens is 3. The molecule has 8 heteroatoms. The van der Waals surface area contributed by atoms with Crippen LogP contribution in [0.25, 0.3) is 0 Å². The summed E-state index contributed by atoms with van der Waals surface area (Å²) in [6, 6.07) is 1.47. The molecule has 0 fully saturated rings. The van der Waals surface area contributed by atoms with Crippen molar-refractivity contribution < 1.29 is 45.6 Å². The molecule has 17 heavy (non-hydrogen) atoms. The van der Waals surface area contributed by atoms with Crippen molar-refractivity contribution in [1.29, 1.82) is 0 Å². The molecule has 0 unspecified atom stereocenters. The van der Waals surface area contributed by atoms with Crippen LogP contribution in [0.3, 0.4) is 0 Å². The second-order valence-corrected chi connectivity index (χ2v) is 5.28. The minimum absolute atomic E-state index is 0. The summed E-state index contributed by atoms with van der Waals surface area (Å²) in [5.74, 6) is -0.457. The summed E-state index contributed by atoms with van der Waals surface area (Å²) in [4.78, 5) is -0.894. The molecule has 0 saturated carbocycles. The molecule has 1 aromatic carbocycles. The van der Waals surface area contributed by atoms with Gasteiger partial charge in [-0.2, -0.15) is 13.2 Å². The van der Waals surface area contributed by atoms with Crippen molar-refractivity contribution in [3.05, 3.63) is 23.3 Å². The Morgan fingerprint density at radius 1 is 1.12 bits per heavy atom. The van der Waals surface area contributed by atoms with E-state index in [4.69, 9.17) is 0 Å². The third-order valence-electron chi connectivity index (χ3n) is 2.05. The van der Waals surface area contributed by atoms with Gasteiger partial charge in [-0.3, -0.25) is 0 Å². The van der Waals surface area contributed by atoms with E-state index in [9.17, 15) is 26.7 Å². The Hall–Kier alpha value is -0.643. The van der Waals surface area contributed by atoms with Crippen LogP contribution in [0, 0.1) is 13.8 Å². The van der Waals surface area contributed by atoms with Gasteiger partial charge in [0.1, 0.15) is 0 Å². The zero-order valence-corrected chi connectivity index (χ0v) is 10.2. The van der Waals surface area contributed by atoms with Gasteiger partial charge >= 0.3 is 24.4 Å². The Kier molecular flexibility index (Phi) is 4.74. The number of hydrogen-bond acceptors (Lipinski definition) is 3. The zero-order chi connectivity index (χ0) is 12.7. The van der Waals surface area contributed by atoms with E-state index in [1.54, 1.807) is 0 Å². The van der Waals surface area contributed by atoms with E-state index in [1.807, 2.05) is 0 Å². The quantitative estimate of drug-likeness (QED) is 0.588. The van der Waals surface area contributed by atoms with Crippen LogP contribution in [0.15, 0.2) is 17.0 Å². The monoisotopic (exact) mass is 260 g/mol. The molecule has 0 bridgehead atoms. The van der Waals surface area contributed by atoms with Gasteiger partial charge in [-0.05, 0) is 26.0 Å². The van der Waals surface area contributed by atoms with Crippen molar-refractivity contribution >= 4 is 9.84 Å². The third kappa shape index (κ3) is 2.97. The first-order valence-electron chi connectivity index (χ1n) is 4.17. The van der Waals surface area contributed by atoms with Crippen molar-refractivity contribution in [2.45, 2.75) is 24.3 Å². The summed E-state index contributed by atoms with van der Waals surface area (Å²) < 4.78 is 58.7. The molecule has 3 nitrogen and oxygen atoms in total. The van der Waals surface area contributed by atoms with Crippen LogP contribution in [0.2, 0.25) is 0 Å². The molecule has 0 aliphatic rings. The molecule has 0 saturated heterocycles. The molecule has 0 spiro atoms. The van der Waals surface area contributed by atoms with Crippen molar-refractivity contribution in [3.8, 4) is 5.75 Å². The SMILES string of the molecule is Cc1cc(S(=O)(=O)C(F)(F)F)cc(C)c1[O-].[Li+]. The summed E-state index contributed by atoms with van der Waals surface area (Å²) in [5, 5.41) is 11.2. The maximum atomic E-state index is 12.2. The number of aryl methyl sites for hydroxylation is 2. The first-order valence-corrected chi connectivity index (χ1v) is 5.65. The molecule has 0 aromatic heterocycles. The van der Waals surface area contributed by atoms with Crippen molar-refractivity contribution in [2.24, 2.45) is 0 Å². The third-order valence-corrected chi connectivity index (χ3v) is 3.51. The van der Waals surface area contributed by atoms with Crippen LogP contribution in [0.1, 0.15) is 11.1 Å². The predicted octanol–water partition coefficient (Wildman–Crippen LogP) is -1.33. The molecule has 1 rings (SSSR count). The largest absolute Gasteiger partial charge is 1.00 e. The van der Waals surface area contributed by atoms with Crippen LogP contribution in [0.4, 0.5) is 13.2 Å². The predicted molar refractivity (Wildman–Crippen MR) is 48.6 cm³/mol. The van der Waals surface area contributed by atoms with E-state index in [2.05, 4.69) is 0 Å². The van der Waals surface area contributed by atoms with Gasteiger partial charge in [-0.1, -0.05) is 11.1 Å². The van der Waals surface area contributed by atoms with Gasteiger partial charge in [-0.15, -0.1) is 5.75 Å². The number of sulfone groups is 1. The van der Waals surface area contributed by atoms with E-state index in [1.165, 1.54) is 13.8 Å². The second kappa shape index (κ2) is 4.92. The fraction of sp³-hybridized carbons (Fsp3) is 0.333. The van der Waals surface area contributed by atoms with Crippen LogP contribution in [-0.2, 0) is 9.84 Å². The first kappa shape index (κ1) is 16.4. The van der Waals surface area contributed by atoms with E-state index in [0.29, 0.717) is 0 Å². The molecule has 0 atom stereocenters. The molecular weight excluding hydrogens is 252 g/mol. The number of alkyl halides is 3. The summed E-state index contributed by atoms with van der Waals surface area (Å²) in [5.41, 5.74) is -5.40. The molecule has 1 aromatic rings. The normalized spacial score (nSPS) is 12.1. The van der Waals surface area contributed by atoms with Gasteiger partial charge in [0.2, 0.25) is 0 Å². The fourth-order valence-electron chi connectivity index (χ4n) is 1.20. The van der Waals surface area contributed by atoms with Gasteiger partial charge in [0.15, 0.2) is 0 Å².